The summed E-state index contributed by atoms with van der Waals surface area (Å²) in [6.07, 6.45) is 3.75. The number of aliphatic imine (C=N–C) groups is 1. The Kier molecular flexibility index (Phi) is 8.84. The van der Waals surface area contributed by atoms with E-state index >= 15 is 0 Å². The molecule has 0 amide bonds. The van der Waals surface area contributed by atoms with Gasteiger partial charge in [-0.15, -0.1) is 24.0 Å². The van der Waals surface area contributed by atoms with Crippen molar-refractivity contribution in [1.29, 1.82) is 0 Å². The number of hydrogen-bond donors (Lipinski definition) is 1. The molecule has 3 rings (SSSR count). The Morgan fingerprint density at radius 2 is 2.14 bits per heavy atom. The Hall–Kier alpha value is -1.52. The lowest BCUT2D eigenvalue weighted by atomic mass is 10.2. The van der Waals surface area contributed by atoms with Crippen molar-refractivity contribution in [2.45, 2.75) is 13.1 Å². The fourth-order valence-electron chi connectivity index (χ4n) is 3.23. The number of aromatic nitrogens is 2. The van der Waals surface area contributed by atoms with Crippen LogP contribution < -0.4 is 10.2 Å². The predicted molar refractivity (Wildman–Crippen MR) is 125 cm³/mol. The normalized spacial score (nSPS) is 14.6. The monoisotopic (exact) mass is 518 g/mol. The molecule has 0 radical (unpaired) electrons. The average Bonchev–Trinajstić information content (AvgIpc) is 3.00. The van der Waals surface area contributed by atoms with Crippen LogP contribution in [0.4, 0.5) is 5.82 Å². The minimum absolute atomic E-state index is 0. The Labute approximate surface area is 188 Å². The van der Waals surface area contributed by atoms with E-state index in [4.69, 9.17) is 16.3 Å². The van der Waals surface area contributed by atoms with Crippen LogP contribution in [-0.4, -0.2) is 60.8 Å². The summed E-state index contributed by atoms with van der Waals surface area (Å²) in [5.41, 5.74) is 2.27. The standard InChI is InChI=1S/C19H27ClN6O.HI/c1-21-19(25(3)14-17-11-16(20)13-24(17)2)23-12-15-5-4-6-22-18(15)26-7-9-27-10-8-26;/h4-6,11,13H,7-10,12,14H2,1-3H3,(H,21,23);1H. The molecule has 154 valence electrons. The zero-order valence-corrected chi connectivity index (χ0v) is 19.6. The molecular formula is C19H28ClIN6O. The molecule has 1 saturated heterocycles. The summed E-state index contributed by atoms with van der Waals surface area (Å²) >= 11 is 6.09. The van der Waals surface area contributed by atoms with E-state index < -0.39 is 0 Å². The van der Waals surface area contributed by atoms with Gasteiger partial charge in [0.2, 0.25) is 0 Å². The average molecular weight is 519 g/mol. The van der Waals surface area contributed by atoms with Gasteiger partial charge in [-0.3, -0.25) is 4.99 Å². The maximum absolute atomic E-state index is 6.09. The van der Waals surface area contributed by atoms with E-state index in [9.17, 15) is 0 Å². The fourth-order valence-corrected chi connectivity index (χ4v) is 3.50. The predicted octanol–water partition coefficient (Wildman–Crippen LogP) is 2.74. The van der Waals surface area contributed by atoms with Gasteiger partial charge in [0, 0.05) is 64.4 Å². The van der Waals surface area contributed by atoms with Gasteiger partial charge < -0.3 is 24.4 Å². The Morgan fingerprint density at radius 3 is 2.79 bits per heavy atom. The maximum Gasteiger partial charge on any atom is 0.194 e. The highest BCUT2D eigenvalue weighted by atomic mass is 127. The van der Waals surface area contributed by atoms with E-state index in [0.29, 0.717) is 13.1 Å². The molecule has 2 aromatic rings. The number of nitrogens with zero attached hydrogens (tertiary/aromatic N) is 5. The van der Waals surface area contributed by atoms with Gasteiger partial charge >= 0.3 is 0 Å². The van der Waals surface area contributed by atoms with Crippen LogP contribution in [0.25, 0.3) is 0 Å². The minimum atomic E-state index is 0. The van der Waals surface area contributed by atoms with Crippen molar-refractivity contribution in [2.75, 3.05) is 45.3 Å². The number of nitrogens with one attached hydrogen (secondary N) is 1. The molecular weight excluding hydrogens is 491 g/mol. The van der Waals surface area contributed by atoms with E-state index in [1.54, 1.807) is 7.05 Å². The molecule has 0 bridgehead atoms. The molecule has 0 aromatic carbocycles. The number of morpholine rings is 1. The first kappa shape index (κ1) is 22.8. The molecule has 1 N–H and O–H groups in total. The summed E-state index contributed by atoms with van der Waals surface area (Å²) in [5, 5.41) is 4.19. The lowest BCUT2D eigenvalue weighted by Crippen LogP contribution is -2.40. The van der Waals surface area contributed by atoms with Crippen LogP contribution in [0, 0.1) is 0 Å². The van der Waals surface area contributed by atoms with E-state index in [-0.39, 0.29) is 24.0 Å². The highest BCUT2D eigenvalue weighted by Crippen LogP contribution is 2.18. The molecule has 3 heterocycles. The number of anilines is 1. The molecule has 7 nitrogen and oxygen atoms in total. The summed E-state index contributed by atoms with van der Waals surface area (Å²) in [6.45, 7) is 4.59. The summed E-state index contributed by atoms with van der Waals surface area (Å²) in [5.74, 6) is 1.84. The second-order valence-corrected chi connectivity index (χ2v) is 7.04. The summed E-state index contributed by atoms with van der Waals surface area (Å²) in [4.78, 5) is 13.4. The Balaban J connectivity index is 0.00000280. The van der Waals surface area contributed by atoms with Crippen LogP contribution in [-0.2, 0) is 24.9 Å². The molecule has 28 heavy (non-hydrogen) atoms. The van der Waals surface area contributed by atoms with Crippen LogP contribution in [0.3, 0.4) is 0 Å². The number of rotatable bonds is 5. The smallest absolute Gasteiger partial charge is 0.194 e. The van der Waals surface area contributed by atoms with Gasteiger partial charge in [-0.05, 0) is 12.1 Å². The molecule has 0 atom stereocenters. The van der Waals surface area contributed by atoms with Gasteiger partial charge in [0.15, 0.2) is 5.96 Å². The zero-order valence-electron chi connectivity index (χ0n) is 16.6. The SMILES string of the molecule is CN=C(NCc1cccnc1N1CCOCC1)N(C)Cc1cc(Cl)cn1C.I. The molecule has 1 fully saturated rings. The third-order valence-electron chi connectivity index (χ3n) is 4.66. The quantitative estimate of drug-likeness (QED) is 0.375. The maximum atomic E-state index is 6.09. The fraction of sp³-hybridized carbons (Fsp3) is 0.474. The molecule has 0 spiro atoms. The lowest BCUT2D eigenvalue weighted by Gasteiger charge is -2.30. The van der Waals surface area contributed by atoms with Crippen molar-refractivity contribution >= 4 is 47.4 Å². The molecule has 0 unspecified atom stereocenters. The minimum Gasteiger partial charge on any atom is -0.378 e. The van der Waals surface area contributed by atoms with E-state index in [2.05, 4.69) is 31.2 Å². The Bertz CT molecular complexity index is 790. The largest absolute Gasteiger partial charge is 0.378 e. The van der Waals surface area contributed by atoms with Crippen LogP contribution in [0.1, 0.15) is 11.3 Å². The molecule has 1 aliphatic rings. The summed E-state index contributed by atoms with van der Waals surface area (Å²) in [7, 11) is 5.81. The number of aryl methyl sites for hydroxylation is 1. The van der Waals surface area contributed by atoms with Gasteiger partial charge in [-0.25, -0.2) is 4.98 Å². The van der Waals surface area contributed by atoms with Crippen molar-refractivity contribution in [2.24, 2.45) is 12.0 Å². The third kappa shape index (κ3) is 5.74. The molecule has 9 heteroatoms. The lowest BCUT2D eigenvalue weighted by molar-refractivity contribution is 0.122. The summed E-state index contributed by atoms with van der Waals surface area (Å²) < 4.78 is 7.49. The van der Waals surface area contributed by atoms with Gasteiger partial charge in [-0.2, -0.15) is 0 Å². The number of guanidine groups is 1. The van der Waals surface area contributed by atoms with E-state index in [0.717, 1.165) is 54.4 Å². The number of hydrogen-bond acceptors (Lipinski definition) is 4. The highest BCUT2D eigenvalue weighted by molar-refractivity contribution is 14.0. The van der Waals surface area contributed by atoms with E-state index in [1.807, 2.05) is 43.2 Å². The summed E-state index contributed by atoms with van der Waals surface area (Å²) in [6, 6.07) is 6.05. The van der Waals surface area contributed by atoms with E-state index in [1.165, 1.54) is 0 Å². The highest BCUT2D eigenvalue weighted by Gasteiger charge is 2.16. The van der Waals surface area contributed by atoms with Gasteiger partial charge in [0.05, 0.1) is 24.8 Å². The van der Waals surface area contributed by atoms with Gasteiger partial charge in [0.25, 0.3) is 0 Å². The van der Waals surface area contributed by atoms with Crippen molar-refractivity contribution in [3.8, 4) is 0 Å². The van der Waals surface area contributed by atoms with Crippen LogP contribution >= 0.6 is 35.6 Å². The van der Waals surface area contributed by atoms with Crippen molar-refractivity contribution in [3.05, 3.63) is 46.9 Å². The van der Waals surface area contributed by atoms with Crippen LogP contribution in [0.15, 0.2) is 35.6 Å². The third-order valence-corrected chi connectivity index (χ3v) is 4.87. The Morgan fingerprint density at radius 1 is 1.39 bits per heavy atom. The molecule has 0 saturated carbocycles. The van der Waals surface area contributed by atoms with Crippen molar-refractivity contribution in [1.82, 2.24) is 19.8 Å². The van der Waals surface area contributed by atoms with Crippen LogP contribution in [0.2, 0.25) is 5.02 Å². The molecule has 1 aliphatic heterocycles. The first-order chi connectivity index (χ1) is 13.1. The van der Waals surface area contributed by atoms with Gasteiger partial charge in [-0.1, -0.05) is 17.7 Å². The number of halogens is 2. The van der Waals surface area contributed by atoms with Gasteiger partial charge in [0.1, 0.15) is 5.82 Å². The topological polar surface area (TPSA) is 57.9 Å². The molecule has 2 aromatic heterocycles. The molecule has 0 aliphatic carbocycles. The zero-order chi connectivity index (χ0) is 19.2. The number of pyridine rings is 1. The second kappa shape index (κ2) is 10.9. The number of ether oxygens (including phenoxy) is 1. The van der Waals surface area contributed by atoms with Crippen molar-refractivity contribution < 1.29 is 4.74 Å². The first-order valence-corrected chi connectivity index (χ1v) is 9.45. The van der Waals surface area contributed by atoms with Crippen molar-refractivity contribution in [3.63, 3.8) is 0 Å². The first-order valence-electron chi connectivity index (χ1n) is 9.07. The van der Waals surface area contributed by atoms with Crippen LogP contribution in [0.5, 0.6) is 0 Å². The second-order valence-electron chi connectivity index (χ2n) is 6.60.